The Labute approximate surface area is 282 Å². The summed E-state index contributed by atoms with van der Waals surface area (Å²) in [4.78, 5) is 10.6. The van der Waals surface area contributed by atoms with Crippen molar-refractivity contribution in [1.82, 2.24) is 9.97 Å². The van der Waals surface area contributed by atoms with Crippen molar-refractivity contribution in [3.8, 4) is 45.0 Å². The van der Waals surface area contributed by atoms with Gasteiger partial charge in [-0.05, 0) is 73.8 Å². The first-order valence-corrected chi connectivity index (χ1v) is 16.6. The standard InChI is InChI=1S/C46H28N2O/c1-2-13-30(14-3-1)46-47-41(36-19-9-8-17-34(36)32-23-24-38-37-20-10-11-21-43(37)49-44(38)27-32)28-42(48-46)45-35-18-7-5-15-31(35)26-40-33-16-6-4-12-29(33)22-25-39(40)45/h1-28H. The van der Waals surface area contributed by atoms with Crippen molar-refractivity contribution >= 4 is 54.3 Å². The van der Waals surface area contributed by atoms with Crippen LogP contribution in [0, 0.1) is 0 Å². The summed E-state index contributed by atoms with van der Waals surface area (Å²) in [5.74, 6) is 0.692. The SMILES string of the molecule is c1ccc(-c2nc(-c3ccccc3-c3ccc4c(c3)oc3ccccc34)cc(-c3c4ccccc4cc4c3ccc3ccccc34)n2)cc1. The van der Waals surface area contributed by atoms with Crippen LogP contribution in [0.5, 0.6) is 0 Å². The molecule has 0 bridgehead atoms. The molecule has 0 N–H and O–H groups in total. The van der Waals surface area contributed by atoms with Crippen LogP contribution >= 0.6 is 0 Å². The molecule has 0 fully saturated rings. The molecule has 0 aliphatic heterocycles. The number of fused-ring (bicyclic) bond motifs is 7. The lowest BCUT2D eigenvalue weighted by molar-refractivity contribution is 0.669. The molecule has 8 aromatic carbocycles. The molecule has 10 aromatic rings. The zero-order valence-corrected chi connectivity index (χ0v) is 26.5. The van der Waals surface area contributed by atoms with Gasteiger partial charge in [-0.2, -0.15) is 0 Å². The van der Waals surface area contributed by atoms with Gasteiger partial charge in [0.15, 0.2) is 5.82 Å². The van der Waals surface area contributed by atoms with Gasteiger partial charge in [0.05, 0.1) is 11.4 Å². The van der Waals surface area contributed by atoms with Crippen molar-refractivity contribution in [2.75, 3.05) is 0 Å². The minimum Gasteiger partial charge on any atom is -0.456 e. The fourth-order valence-corrected chi connectivity index (χ4v) is 7.38. The van der Waals surface area contributed by atoms with Crippen LogP contribution < -0.4 is 0 Å². The fourth-order valence-electron chi connectivity index (χ4n) is 7.38. The second kappa shape index (κ2) is 11.0. The zero-order valence-electron chi connectivity index (χ0n) is 26.5. The van der Waals surface area contributed by atoms with Gasteiger partial charge in [0, 0.05) is 27.5 Å². The summed E-state index contributed by atoms with van der Waals surface area (Å²) >= 11 is 0. The molecule has 0 spiro atoms. The van der Waals surface area contributed by atoms with Gasteiger partial charge in [0.25, 0.3) is 0 Å². The zero-order chi connectivity index (χ0) is 32.3. The monoisotopic (exact) mass is 624 g/mol. The summed E-state index contributed by atoms with van der Waals surface area (Å²) in [6.07, 6.45) is 0. The third-order valence-corrected chi connectivity index (χ3v) is 9.68. The average molecular weight is 625 g/mol. The number of para-hydroxylation sites is 1. The number of rotatable bonds is 4. The summed E-state index contributed by atoms with van der Waals surface area (Å²) in [6.45, 7) is 0. The molecule has 49 heavy (non-hydrogen) atoms. The fraction of sp³-hybridized carbons (Fsp3) is 0. The molecule has 2 aromatic heterocycles. The normalized spacial score (nSPS) is 11.7. The minimum atomic E-state index is 0.692. The summed E-state index contributed by atoms with van der Waals surface area (Å²) in [7, 11) is 0. The van der Waals surface area contributed by atoms with Crippen LogP contribution in [0.25, 0.3) is 99.3 Å². The van der Waals surface area contributed by atoms with Crippen molar-refractivity contribution in [1.29, 1.82) is 0 Å². The van der Waals surface area contributed by atoms with Crippen LogP contribution in [0.3, 0.4) is 0 Å². The molecule has 0 aliphatic rings. The summed E-state index contributed by atoms with van der Waals surface area (Å²) in [5, 5.41) is 9.43. The van der Waals surface area contributed by atoms with E-state index in [0.717, 1.165) is 66.5 Å². The van der Waals surface area contributed by atoms with Crippen LogP contribution in [-0.2, 0) is 0 Å². The third kappa shape index (κ3) is 4.51. The van der Waals surface area contributed by atoms with Crippen molar-refractivity contribution in [3.05, 3.63) is 170 Å². The van der Waals surface area contributed by atoms with E-state index in [1.165, 1.54) is 26.9 Å². The Morgan fingerprint density at radius 3 is 1.88 bits per heavy atom. The van der Waals surface area contributed by atoms with Crippen LogP contribution in [0.2, 0.25) is 0 Å². The molecule has 0 amide bonds. The van der Waals surface area contributed by atoms with Gasteiger partial charge in [-0.1, -0.05) is 140 Å². The first kappa shape index (κ1) is 27.5. The molecule has 0 saturated carbocycles. The molecule has 3 heteroatoms. The maximum Gasteiger partial charge on any atom is 0.160 e. The highest BCUT2D eigenvalue weighted by Crippen LogP contribution is 2.42. The largest absolute Gasteiger partial charge is 0.456 e. The number of nitrogens with zero attached hydrogens (tertiary/aromatic N) is 2. The predicted octanol–water partition coefficient (Wildman–Crippen LogP) is 12.5. The first-order valence-electron chi connectivity index (χ1n) is 16.6. The number of hydrogen-bond acceptors (Lipinski definition) is 3. The first-order chi connectivity index (χ1) is 24.3. The Morgan fingerprint density at radius 1 is 0.347 bits per heavy atom. The van der Waals surface area contributed by atoms with E-state index in [1.54, 1.807) is 0 Å². The van der Waals surface area contributed by atoms with E-state index >= 15 is 0 Å². The highest BCUT2D eigenvalue weighted by molar-refractivity contribution is 6.20. The summed E-state index contributed by atoms with van der Waals surface area (Å²) in [5.41, 5.74) is 8.81. The second-order valence-corrected chi connectivity index (χ2v) is 12.5. The van der Waals surface area contributed by atoms with Gasteiger partial charge >= 0.3 is 0 Å². The predicted molar refractivity (Wildman–Crippen MR) is 204 cm³/mol. The second-order valence-electron chi connectivity index (χ2n) is 12.5. The lowest BCUT2D eigenvalue weighted by atomic mass is 9.91. The quantitative estimate of drug-likeness (QED) is 0.144. The molecule has 2 heterocycles. The van der Waals surface area contributed by atoms with Crippen molar-refractivity contribution in [2.24, 2.45) is 0 Å². The van der Waals surface area contributed by atoms with E-state index < -0.39 is 0 Å². The van der Waals surface area contributed by atoms with Crippen LogP contribution in [0.15, 0.2) is 174 Å². The van der Waals surface area contributed by atoms with Crippen LogP contribution in [0.4, 0.5) is 0 Å². The molecular weight excluding hydrogens is 597 g/mol. The lowest BCUT2D eigenvalue weighted by Gasteiger charge is -2.16. The summed E-state index contributed by atoms with van der Waals surface area (Å²) < 4.78 is 6.30. The van der Waals surface area contributed by atoms with E-state index in [2.05, 4.69) is 140 Å². The van der Waals surface area contributed by atoms with Crippen LogP contribution in [-0.4, -0.2) is 9.97 Å². The van der Waals surface area contributed by atoms with E-state index in [0.29, 0.717) is 5.82 Å². The molecule has 0 saturated heterocycles. The van der Waals surface area contributed by atoms with Crippen LogP contribution in [0.1, 0.15) is 0 Å². The molecule has 0 aliphatic carbocycles. The molecule has 228 valence electrons. The van der Waals surface area contributed by atoms with E-state index in [9.17, 15) is 0 Å². The topological polar surface area (TPSA) is 38.9 Å². The van der Waals surface area contributed by atoms with E-state index in [4.69, 9.17) is 14.4 Å². The van der Waals surface area contributed by atoms with Gasteiger partial charge in [-0.3, -0.25) is 0 Å². The van der Waals surface area contributed by atoms with Gasteiger partial charge in [-0.15, -0.1) is 0 Å². The lowest BCUT2D eigenvalue weighted by Crippen LogP contribution is -1.98. The minimum absolute atomic E-state index is 0.692. The van der Waals surface area contributed by atoms with Crippen molar-refractivity contribution in [2.45, 2.75) is 0 Å². The molecule has 0 atom stereocenters. The average Bonchev–Trinajstić information content (AvgIpc) is 3.55. The maximum absolute atomic E-state index is 6.30. The Kier molecular flexibility index (Phi) is 6.18. The number of furan rings is 1. The Hall–Kier alpha value is -6.58. The molecule has 3 nitrogen and oxygen atoms in total. The van der Waals surface area contributed by atoms with Gasteiger partial charge in [-0.25, -0.2) is 9.97 Å². The molecule has 0 radical (unpaired) electrons. The van der Waals surface area contributed by atoms with Gasteiger partial charge in [0.2, 0.25) is 0 Å². The third-order valence-electron chi connectivity index (χ3n) is 9.68. The van der Waals surface area contributed by atoms with Gasteiger partial charge < -0.3 is 4.42 Å². The molecule has 10 rings (SSSR count). The van der Waals surface area contributed by atoms with E-state index in [-0.39, 0.29) is 0 Å². The van der Waals surface area contributed by atoms with Crippen molar-refractivity contribution in [3.63, 3.8) is 0 Å². The number of aromatic nitrogens is 2. The highest BCUT2D eigenvalue weighted by Gasteiger charge is 2.19. The maximum atomic E-state index is 6.30. The Bertz CT molecular complexity index is 2890. The Balaban J connectivity index is 1.25. The highest BCUT2D eigenvalue weighted by atomic mass is 16.3. The smallest absolute Gasteiger partial charge is 0.160 e. The van der Waals surface area contributed by atoms with E-state index in [1.807, 2.05) is 30.3 Å². The molecule has 0 unspecified atom stereocenters. The summed E-state index contributed by atoms with van der Waals surface area (Å²) in [6, 6.07) is 59.7. The number of hydrogen-bond donors (Lipinski definition) is 0. The van der Waals surface area contributed by atoms with Crippen molar-refractivity contribution < 1.29 is 4.42 Å². The number of benzene rings is 8. The molecular formula is C46H28N2O. The Morgan fingerprint density at radius 2 is 1.00 bits per heavy atom. The van der Waals surface area contributed by atoms with Gasteiger partial charge in [0.1, 0.15) is 11.2 Å².